The molecular weight excluding hydrogens is 252 g/mol. The first kappa shape index (κ1) is 14.9. The van der Waals surface area contributed by atoms with Crippen LogP contribution in [0.4, 0.5) is 5.69 Å². The van der Waals surface area contributed by atoms with E-state index >= 15 is 0 Å². The second kappa shape index (κ2) is 6.29. The zero-order valence-electron chi connectivity index (χ0n) is 12.8. The van der Waals surface area contributed by atoms with Crippen LogP contribution in [0.1, 0.15) is 44.0 Å². The molecule has 5 heteroatoms. The first-order valence-corrected chi connectivity index (χ1v) is 7.55. The van der Waals surface area contributed by atoms with Gasteiger partial charge in [0.25, 0.3) is 0 Å². The molecule has 1 amide bonds. The van der Waals surface area contributed by atoms with Gasteiger partial charge in [0.05, 0.1) is 17.1 Å². The lowest BCUT2D eigenvalue weighted by atomic mass is 9.80. The lowest BCUT2D eigenvalue weighted by molar-refractivity contribution is -0.122. The number of hydrogen-bond donors (Lipinski definition) is 2. The Morgan fingerprint density at radius 3 is 2.70 bits per heavy atom. The van der Waals surface area contributed by atoms with Crippen LogP contribution in [0.5, 0.6) is 0 Å². The minimum atomic E-state index is 0.0216. The molecule has 0 spiro atoms. The third kappa shape index (κ3) is 3.32. The maximum Gasteiger partial charge on any atom is 0.241 e. The molecule has 0 saturated heterocycles. The summed E-state index contributed by atoms with van der Waals surface area (Å²) in [6.07, 6.45) is 5.14. The van der Waals surface area contributed by atoms with E-state index in [0.717, 1.165) is 17.9 Å². The molecule has 2 atom stereocenters. The molecule has 0 radical (unpaired) electrons. The summed E-state index contributed by atoms with van der Waals surface area (Å²) < 4.78 is 1.68. The number of amides is 1. The van der Waals surface area contributed by atoms with Gasteiger partial charge in [0.1, 0.15) is 6.54 Å². The van der Waals surface area contributed by atoms with Crippen molar-refractivity contribution in [3.63, 3.8) is 0 Å². The lowest BCUT2D eigenvalue weighted by Gasteiger charge is -2.28. The average molecular weight is 278 g/mol. The Hall–Kier alpha value is -1.52. The number of carbonyl (C=O) groups is 1. The number of nitrogens with one attached hydrogen (secondary N) is 1. The summed E-state index contributed by atoms with van der Waals surface area (Å²) in [7, 11) is 0. The van der Waals surface area contributed by atoms with E-state index in [1.54, 1.807) is 4.68 Å². The summed E-state index contributed by atoms with van der Waals surface area (Å²) in [6, 6.07) is 0. The topological polar surface area (TPSA) is 72.9 Å². The van der Waals surface area contributed by atoms with E-state index in [0.29, 0.717) is 17.5 Å². The van der Waals surface area contributed by atoms with Gasteiger partial charge in [-0.1, -0.05) is 26.2 Å². The van der Waals surface area contributed by atoms with Gasteiger partial charge in [-0.3, -0.25) is 9.48 Å². The zero-order valence-corrected chi connectivity index (χ0v) is 12.8. The summed E-state index contributed by atoms with van der Waals surface area (Å²) in [6.45, 7) is 7.09. The van der Waals surface area contributed by atoms with Crippen molar-refractivity contribution in [2.45, 2.75) is 53.0 Å². The summed E-state index contributed by atoms with van der Waals surface area (Å²) in [4.78, 5) is 12.0. The Morgan fingerprint density at radius 1 is 1.40 bits per heavy atom. The highest BCUT2D eigenvalue weighted by molar-refractivity contribution is 5.75. The van der Waals surface area contributed by atoms with Crippen LogP contribution >= 0.6 is 0 Å². The van der Waals surface area contributed by atoms with Gasteiger partial charge < -0.3 is 11.1 Å². The van der Waals surface area contributed by atoms with Crippen LogP contribution in [-0.4, -0.2) is 22.2 Å². The van der Waals surface area contributed by atoms with Crippen LogP contribution in [0.25, 0.3) is 0 Å². The average Bonchev–Trinajstić information content (AvgIpc) is 2.65. The smallest absolute Gasteiger partial charge is 0.241 e. The first-order valence-electron chi connectivity index (χ1n) is 7.55. The molecule has 3 N–H and O–H groups in total. The van der Waals surface area contributed by atoms with Crippen LogP contribution in [-0.2, 0) is 11.3 Å². The molecule has 1 heterocycles. The molecule has 112 valence electrons. The van der Waals surface area contributed by atoms with Gasteiger partial charge in [0.15, 0.2) is 0 Å². The summed E-state index contributed by atoms with van der Waals surface area (Å²) in [5, 5.41) is 7.34. The van der Waals surface area contributed by atoms with E-state index in [2.05, 4.69) is 17.3 Å². The van der Waals surface area contributed by atoms with Crippen molar-refractivity contribution in [2.24, 2.45) is 11.8 Å². The number of nitrogens with zero attached hydrogens (tertiary/aromatic N) is 2. The quantitative estimate of drug-likeness (QED) is 0.885. The van der Waals surface area contributed by atoms with E-state index in [1.165, 1.54) is 25.7 Å². The number of nitrogens with two attached hydrogens (primary N) is 1. The highest BCUT2D eigenvalue weighted by Crippen LogP contribution is 2.28. The maximum atomic E-state index is 12.0. The fraction of sp³-hybridized carbons (Fsp3) is 0.733. The number of carbonyl (C=O) groups excluding carboxylic acids is 1. The Morgan fingerprint density at radius 2 is 2.10 bits per heavy atom. The molecule has 1 aliphatic carbocycles. The van der Waals surface area contributed by atoms with E-state index in [-0.39, 0.29) is 12.5 Å². The number of rotatable bonds is 4. The standard InChI is InChI=1S/C15H26N4O/c1-10-6-4-5-7-13(10)8-17-14(20)9-19-12(3)15(16)11(2)18-19/h10,13H,4-9,16H2,1-3H3,(H,17,20). The van der Waals surface area contributed by atoms with Gasteiger partial charge in [0.2, 0.25) is 5.91 Å². The second-order valence-electron chi connectivity index (χ2n) is 6.07. The Bertz CT molecular complexity index is 480. The molecule has 20 heavy (non-hydrogen) atoms. The predicted octanol–water partition coefficient (Wildman–Crippen LogP) is 2.02. The number of nitrogen functional groups attached to an aromatic ring is 1. The predicted molar refractivity (Wildman–Crippen MR) is 80.2 cm³/mol. The highest BCUT2D eigenvalue weighted by Gasteiger charge is 2.21. The molecule has 1 aromatic heterocycles. The third-order valence-corrected chi connectivity index (χ3v) is 4.58. The number of aryl methyl sites for hydroxylation is 1. The van der Waals surface area contributed by atoms with Crippen LogP contribution in [0.2, 0.25) is 0 Å². The fourth-order valence-electron chi connectivity index (χ4n) is 3.00. The van der Waals surface area contributed by atoms with Crippen molar-refractivity contribution in [1.29, 1.82) is 0 Å². The SMILES string of the molecule is Cc1nn(CC(=O)NCC2CCCCC2C)c(C)c1N. The Labute approximate surface area is 120 Å². The van der Waals surface area contributed by atoms with Gasteiger partial charge >= 0.3 is 0 Å². The summed E-state index contributed by atoms with van der Waals surface area (Å²) in [5.41, 5.74) is 8.20. The number of anilines is 1. The molecule has 1 aromatic rings. The Balaban J connectivity index is 1.84. The molecule has 2 unspecified atom stereocenters. The highest BCUT2D eigenvalue weighted by atomic mass is 16.2. The fourth-order valence-corrected chi connectivity index (χ4v) is 3.00. The minimum Gasteiger partial charge on any atom is -0.396 e. The molecule has 1 fully saturated rings. The molecule has 0 aliphatic heterocycles. The molecule has 1 aliphatic rings. The van der Waals surface area contributed by atoms with E-state index in [1.807, 2.05) is 13.8 Å². The van der Waals surface area contributed by atoms with Crippen molar-refractivity contribution in [3.05, 3.63) is 11.4 Å². The van der Waals surface area contributed by atoms with Crippen molar-refractivity contribution in [2.75, 3.05) is 12.3 Å². The third-order valence-electron chi connectivity index (χ3n) is 4.58. The van der Waals surface area contributed by atoms with E-state index in [9.17, 15) is 4.79 Å². The summed E-state index contributed by atoms with van der Waals surface area (Å²) >= 11 is 0. The van der Waals surface area contributed by atoms with Gasteiger partial charge in [-0.25, -0.2) is 0 Å². The van der Waals surface area contributed by atoms with Crippen LogP contribution in [0, 0.1) is 25.7 Å². The van der Waals surface area contributed by atoms with E-state index in [4.69, 9.17) is 5.73 Å². The molecule has 5 nitrogen and oxygen atoms in total. The zero-order chi connectivity index (χ0) is 14.7. The summed E-state index contributed by atoms with van der Waals surface area (Å²) in [5.74, 6) is 1.36. The van der Waals surface area contributed by atoms with Crippen LogP contribution in [0.15, 0.2) is 0 Å². The van der Waals surface area contributed by atoms with Gasteiger partial charge in [-0.2, -0.15) is 5.10 Å². The minimum absolute atomic E-state index is 0.0216. The second-order valence-corrected chi connectivity index (χ2v) is 6.07. The van der Waals surface area contributed by atoms with E-state index < -0.39 is 0 Å². The van der Waals surface area contributed by atoms with Gasteiger partial charge in [-0.15, -0.1) is 0 Å². The number of hydrogen-bond acceptors (Lipinski definition) is 3. The Kier molecular flexibility index (Phi) is 4.68. The van der Waals surface area contributed by atoms with Crippen LogP contribution < -0.4 is 11.1 Å². The molecular formula is C15H26N4O. The monoisotopic (exact) mass is 278 g/mol. The van der Waals surface area contributed by atoms with Crippen LogP contribution in [0.3, 0.4) is 0 Å². The van der Waals surface area contributed by atoms with Crippen molar-refractivity contribution < 1.29 is 4.79 Å². The molecule has 1 saturated carbocycles. The molecule has 0 bridgehead atoms. The first-order chi connectivity index (χ1) is 9.49. The van der Waals surface area contributed by atoms with Crippen molar-refractivity contribution in [1.82, 2.24) is 15.1 Å². The maximum absolute atomic E-state index is 12.0. The van der Waals surface area contributed by atoms with Gasteiger partial charge in [0, 0.05) is 6.54 Å². The van der Waals surface area contributed by atoms with Crippen molar-refractivity contribution in [3.8, 4) is 0 Å². The van der Waals surface area contributed by atoms with Gasteiger partial charge in [-0.05, 0) is 32.1 Å². The number of aromatic nitrogens is 2. The lowest BCUT2D eigenvalue weighted by Crippen LogP contribution is -2.35. The largest absolute Gasteiger partial charge is 0.396 e. The molecule has 2 rings (SSSR count). The van der Waals surface area contributed by atoms with Crippen molar-refractivity contribution >= 4 is 11.6 Å². The normalized spacial score (nSPS) is 22.8. The molecule has 0 aromatic carbocycles.